The van der Waals surface area contributed by atoms with Gasteiger partial charge in [0.1, 0.15) is 11.5 Å². The van der Waals surface area contributed by atoms with E-state index in [-0.39, 0.29) is 0 Å². The lowest BCUT2D eigenvalue weighted by molar-refractivity contribution is 0.399. The largest absolute Gasteiger partial charge is 0.479 e. The highest BCUT2D eigenvalue weighted by Gasteiger charge is 2.22. The molecule has 0 saturated heterocycles. The van der Waals surface area contributed by atoms with Gasteiger partial charge in [-0.3, -0.25) is 4.99 Å². The molecule has 2 aromatic rings. The number of aromatic amines is 1. The molecule has 0 saturated carbocycles. The Hall–Kier alpha value is -2.31. The summed E-state index contributed by atoms with van der Waals surface area (Å²) < 4.78 is 5.41. The fraction of sp³-hybridized carbons (Fsp3) is 0.462. The minimum absolute atomic E-state index is 0.429. The third-order valence-corrected chi connectivity index (χ3v) is 3.15. The second-order valence-electron chi connectivity index (χ2n) is 4.48. The summed E-state index contributed by atoms with van der Waals surface area (Å²) in [4.78, 5) is 17.8. The summed E-state index contributed by atoms with van der Waals surface area (Å²) in [6.45, 7) is 2.98. The SMILES string of the molecule is CCCN(C)c1c(OC)nc2nc[nH]c2c1C(N)=NC. The second kappa shape index (κ2) is 5.77. The van der Waals surface area contributed by atoms with Gasteiger partial charge in [0.2, 0.25) is 5.88 Å². The summed E-state index contributed by atoms with van der Waals surface area (Å²) in [5, 5.41) is 0. The first kappa shape index (κ1) is 14.1. The van der Waals surface area contributed by atoms with Crippen molar-refractivity contribution in [3.63, 3.8) is 0 Å². The molecule has 0 aliphatic rings. The zero-order valence-corrected chi connectivity index (χ0v) is 12.3. The van der Waals surface area contributed by atoms with Crippen LogP contribution < -0.4 is 15.4 Å². The highest BCUT2D eigenvalue weighted by atomic mass is 16.5. The fourth-order valence-electron chi connectivity index (χ4n) is 2.24. The van der Waals surface area contributed by atoms with Crippen LogP contribution in [0.4, 0.5) is 5.69 Å². The third kappa shape index (κ3) is 2.26. The monoisotopic (exact) mass is 276 g/mol. The fourth-order valence-corrected chi connectivity index (χ4v) is 2.24. The van der Waals surface area contributed by atoms with Gasteiger partial charge >= 0.3 is 0 Å². The Morgan fingerprint density at radius 3 is 2.90 bits per heavy atom. The predicted octanol–water partition coefficient (Wildman–Crippen LogP) is 1.15. The Balaban J connectivity index is 2.79. The van der Waals surface area contributed by atoms with Crippen LogP contribution in [-0.4, -0.2) is 48.5 Å². The molecule has 0 amide bonds. The Labute approximate surface area is 117 Å². The summed E-state index contributed by atoms with van der Waals surface area (Å²) in [6, 6.07) is 0. The predicted molar refractivity (Wildman–Crippen MR) is 80.7 cm³/mol. The van der Waals surface area contributed by atoms with Crippen molar-refractivity contribution < 1.29 is 4.74 Å². The lowest BCUT2D eigenvalue weighted by Gasteiger charge is -2.23. The van der Waals surface area contributed by atoms with Crippen LogP contribution >= 0.6 is 0 Å². The van der Waals surface area contributed by atoms with Crippen molar-refractivity contribution in [2.75, 3.05) is 32.6 Å². The van der Waals surface area contributed by atoms with Gasteiger partial charge < -0.3 is 20.4 Å². The number of fused-ring (bicyclic) bond motifs is 1. The summed E-state index contributed by atoms with van der Waals surface area (Å²) >= 11 is 0. The molecule has 20 heavy (non-hydrogen) atoms. The molecule has 0 atom stereocenters. The Morgan fingerprint density at radius 2 is 2.30 bits per heavy atom. The summed E-state index contributed by atoms with van der Waals surface area (Å²) in [7, 11) is 5.24. The van der Waals surface area contributed by atoms with E-state index in [0.29, 0.717) is 17.4 Å². The molecule has 0 aliphatic carbocycles. The molecule has 2 heterocycles. The van der Waals surface area contributed by atoms with Crippen LogP contribution in [0.5, 0.6) is 5.88 Å². The van der Waals surface area contributed by atoms with Crippen molar-refractivity contribution in [1.82, 2.24) is 15.0 Å². The maximum atomic E-state index is 6.07. The number of aliphatic imine (C=N–C) groups is 1. The Bertz CT molecular complexity index is 633. The zero-order chi connectivity index (χ0) is 14.7. The third-order valence-electron chi connectivity index (χ3n) is 3.15. The van der Waals surface area contributed by atoms with E-state index >= 15 is 0 Å². The van der Waals surface area contributed by atoms with Crippen molar-refractivity contribution in [2.24, 2.45) is 10.7 Å². The van der Waals surface area contributed by atoms with E-state index in [1.165, 1.54) is 0 Å². The Morgan fingerprint density at radius 1 is 1.55 bits per heavy atom. The number of hydrogen-bond donors (Lipinski definition) is 2. The summed E-state index contributed by atoms with van der Waals surface area (Å²) in [5.41, 5.74) is 9.02. The van der Waals surface area contributed by atoms with Gasteiger partial charge in [0.15, 0.2) is 5.65 Å². The number of nitrogens with two attached hydrogens (primary N) is 1. The highest BCUT2D eigenvalue weighted by Crippen LogP contribution is 2.33. The molecular formula is C13H20N6O. The lowest BCUT2D eigenvalue weighted by atomic mass is 10.1. The molecule has 7 heteroatoms. The number of rotatable bonds is 5. The number of pyridine rings is 1. The van der Waals surface area contributed by atoms with E-state index in [1.807, 2.05) is 7.05 Å². The maximum absolute atomic E-state index is 6.07. The smallest absolute Gasteiger partial charge is 0.240 e. The highest BCUT2D eigenvalue weighted by molar-refractivity contribution is 6.12. The van der Waals surface area contributed by atoms with E-state index in [4.69, 9.17) is 10.5 Å². The van der Waals surface area contributed by atoms with E-state index in [1.54, 1.807) is 20.5 Å². The number of hydrogen-bond acceptors (Lipinski definition) is 5. The van der Waals surface area contributed by atoms with Gasteiger partial charge in [0.25, 0.3) is 0 Å². The Kier molecular flexibility index (Phi) is 4.07. The molecule has 7 nitrogen and oxygen atoms in total. The summed E-state index contributed by atoms with van der Waals surface area (Å²) in [5.74, 6) is 0.931. The number of aromatic nitrogens is 3. The van der Waals surface area contributed by atoms with E-state index in [0.717, 1.165) is 29.7 Å². The number of nitrogens with zero attached hydrogens (tertiary/aromatic N) is 4. The minimum Gasteiger partial charge on any atom is -0.479 e. The van der Waals surface area contributed by atoms with Gasteiger partial charge in [-0.15, -0.1) is 0 Å². The van der Waals surface area contributed by atoms with Crippen molar-refractivity contribution in [3.05, 3.63) is 11.9 Å². The number of methoxy groups -OCH3 is 1. The van der Waals surface area contributed by atoms with Crippen LogP contribution in [0.15, 0.2) is 11.3 Å². The lowest BCUT2D eigenvalue weighted by Crippen LogP contribution is -2.25. The second-order valence-corrected chi connectivity index (χ2v) is 4.48. The van der Waals surface area contributed by atoms with Crippen molar-refractivity contribution in [2.45, 2.75) is 13.3 Å². The van der Waals surface area contributed by atoms with E-state index < -0.39 is 0 Å². The number of anilines is 1. The molecule has 0 aromatic carbocycles. The van der Waals surface area contributed by atoms with Gasteiger partial charge in [0.05, 0.1) is 24.5 Å². The molecule has 0 fully saturated rings. The molecular weight excluding hydrogens is 256 g/mol. The van der Waals surface area contributed by atoms with E-state index in [2.05, 4.69) is 31.8 Å². The van der Waals surface area contributed by atoms with Crippen molar-refractivity contribution in [3.8, 4) is 5.88 Å². The number of ether oxygens (including phenoxy) is 1. The van der Waals surface area contributed by atoms with Crippen LogP contribution in [0.2, 0.25) is 0 Å². The zero-order valence-electron chi connectivity index (χ0n) is 12.3. The van der Waals surface area contributed by atoms with Gasteiger partial charge in [-0.1, -0.05) is 6.92 Å². The number of nitrogens with one attached hydrogen (secondary N) is 1. The normalized spacial score (nSPS) is 11.9. The molecule has 2 aromatic heterocycles. The molecule has 3 N–H and O–H groups in total. The summed E-state index contributed by atoms with van der Waals surface area (Å²) in [6.07, 6.45) is 2.59. The number of imidazole rings is 1. The number of amidine groups is 1. The maximum Gasteiger partial charge on any atom is 0.240 e. The quantitative estimate of drug-likeness (QED) is 0.631. The molecule has 0 spiro atoms. The number of H-pyrrole nitrogens is 1. The first-order valence-corrected chi connectivity index (χ1v) is 6.48. The first-order valence-electron chi connectivity index (χ1n) is 6.48. The van der Waals surface area contributed by atoms with Crippen LogP contribution in [-0.2, 0) is 0 Å². The molecule has 2 rings (SSSR count). The standard InChI is InChI=1S/C13H20N6O/c1-5-6-19(3)10-8(11(14)15-2)9-12(17-7-16-9)18-13(10)20-4/h7H,5-6H2,1-4H3,(H2,14,15)(H,16,17,18). The van der Waals surface area contributed by atoms with Crippen LogP contribution in [0, 0.1) is 0 Å². The van der Waals surface area contributed by atoms with Crippen LogP contribution in [0.25, 0.3) is 11.2 Å². The molecule has 0 radical (unpaired) electrons. The van der Waals surface area contributed by atoms with Crippen LogP contribution in [0.3, 0.4) is 0 Å². The molecule has 108 valence electrons. The topological polar surface area (TPSA) is 92.4 Å². The minimum atomic E-state index is 0.429. The van der Waals surface area contributed by atoms with Gasteiger partial charge in [0, 0.05) is 20.6 Å². The van der Waals surface area contributed by atoms with Gasteiger partial charge in [-0.05, 0) is 6.42 Å². The molecule has 0 bridgehead atoms. The van der Waals surface area contributed by atoms with Gasteiger partial charge in [-0.2, -0.15) is 4.98 Å². The van der Waals surface area contributed by atoms with Crippen molar-refractivity contribution in [1.29, 1.82) is 0 Å². The van der Waals surface area contributed by atoms with E-state index in [9.17, 15) is 0 Å². The van der Waals surface area contributed by atoms with Crippen molar-refractivity contribution >= 4 is 22.7 Å². The first-order chi connectivity index (χ1) is 9.63. The van der Waals surface area contributed by atoms with Crippen LogP contribution in [0.1, 0.15) is 18.9 Å². The average Bonchev–Trinajstić information content (AvgIpc) is 2.92. The van der Waals surface area contributed by atoms with Gasteiger partial charge in [-0.25, -0.2) is 4.98 Å². The molecule has 0 aliphatic heterocycles. The average molecular weight is 276 g/mol. The molecule has 0 unspecified atom stereocenters.